The largest absolute Gasteiger partial charge is 0.460 e. The van der Waals surface area contributed by atoms with Gasteiger partial charge in [-0.25, -0.2) is 0 Å². The van der Waals surface area contributed by atoms with E-state index in [1.807, 2.05) is 24.3 Å². The molecule has 7 heteroatoms. The molecule has 0 N–H and O–H groups in total. The Bertz CT molecular complexity index is 524. The molecule has 0 amide bonds. The fourth-order valence-electron chi connectivity index (χ4n) is 3.52. The molecule has 1 heterocycles. The average molecular weight is 450 g/mol. The second kappa shape index (κ2) is 11.5. The van der Waals surface area contributed by atoms with Gasteiger partial charge in [0, 0.05) is 23.6 Å². The normalized spacial score (nSPS) is 23.9. The summed E-state index contributed by atoms with van der Waals surface area (Å²) in [5.41, 5.74) is 0.997. The average Bonchev–Trinajstić information content (AvgIpc) is 2.58. The highest BCUT2D eigenvalue weighted by Gasteiger charge is 2.33. The zero-order valence-corrected chi connectivity index (χ0v) is 18.0. The lowest BCUT2D eigenvalue weighted by Crippen LogP contribution is -2.51. The van der Waals surface area contributed by atoms with Crippen LogP contribution in [-0.4, -0.2) is 49.3 Å². The van der Waals surface area contributed by atoms with E-state index in [2.05, 4.69) is 20.8 Å². The van der Waals surface area contributed by atoms with Crippen LogP contribution in [0.2, 0.25) is 0 Å². The fraction of sp³-hybridized carbons (Fsp3) is 0.611. The summed E-state index contributed by atoms with van der Waals surface area (Å²) in [7, 11) is 0. The molecule has 2 atom stereocenters. The monoisotopic (exact) mass is 449 g/mol. The van der Waals surface area contributed by atoms with Gasteiger partial charge in [-0.15, -0.1) is 0 Å². The molecule has 3 rings (SSSR count). The van der Waals surface area contributed by atoms with Gasteiger partial charge in [-0.1, -0.05) is 34.5 Å². The molecule has 1 aromatic carbocycles. The van der Waals surface area contributed by atoms with Crippen molar-refractivity contribution in [1.29, 1.82) is 0 Å². The number of carbonyl (C=O) groups excluding carboxylic acids is 1. The number of nitrogens with zero attached hydrogens (tertiary/aromatic N) is 1. The number of carbonyl (C=O) groups is 1. The van der Waals surface area contributed by atoms with Crippen LogP contribution < -0.4 is 0 Å². The van der Waals surface area contributed by atoms with Gasteiger partial charge in [0.1, 0.15) is 6.10 Å². The molecule has 2 fully saturated rings. The van der Waals surface area contributed by atoms with Crippen molar-refractivity contribution in [2.45, 2.75) is 44.2 Å². The number of hydrogen-bond acceptors (Lipinski definition) is 4. The third kappa shape index (κ3) is 6.79. The standard InChI is InChI=1S/C18H24BrNO3.2H2S/c19-15-7-5-14(6-8-15)13-18(21)23-17-4-2-1-3-16(17)20-9-11-22-12-10-20;;/h5-8,16-17H,1-4,9-13H2;2*1H2/t16?,17-;;/m0../s1. The molecular weight excluding hydrogens is 422 g/mol. The number of rotatable bonds is 4. The van der Waals surface area contributed by atoms with Crippen LogP contribution in [0.15, 0.2) is 28.7 Å². The lowest BCUT2D eigenvalue weighted by atomic mass is 9.91. The van der Waals surface area contributed by atoms with E-state index in [1.54, 1.807) is 0 Å². The van der Waals surface area contributed by atoms with Crippen LogP contribution in [0.25, 0.3) is 0 Å². The second-order valence-corrected chi connectivity index (χ2v) is 7.25. The number of hydrogen-bond donors (Lipinski definition) is 0. The maximum atomic E-state index is 12.3. The number of halogens is 1. The SMILES string of the molecule is O=C(Cc1ccc(Br)cc1)O[C@H]1CCCCC1N1CCOCC1.S.S. The lowest BCUT2D eigenvalue weighted by molar-refractivity contribution is -0.155. The Morgan fingerprint density at radius 3 is 2.44 bits per heavy atom. The quantitative estimate of drug-likeness (QED) is 0.660. The smallest absolute Gasteiger partial charge is 0.310 e. The highest BCUT2D eigenvalue weighted by Crippen LogP contribution is 2.26. The van der Waals surface area contributed by atoms with Gasteiger partial charge in [0.15, 0.2) is 0 Å². The number of morpholine rings is 1. The molecule has 0 spiro atoms. The maximum absolute atomic E-state index is 12.3. The van der Waals surface area contributed by atoms with Crippen molar-refractivity contribution in [1.82, 2.24) is 4.90 Å². The molecule has 0 radical (unpaired) electrons. The van der Waals surface area contributed by atoms with Gasteiger partial charge in [-0.2, -0.15) is 27.0 Å². The molecule has 142 valence electrons. The number of esters is 1. The van der Waals surface area contributed by atoms with Gasteiger partial charge in [0.05, 0.1) is 19.6 Å². The van der Waals surface area contributed by atoms with Gasteiger partial charge < -0.3 is 9.47 Å². The van der Waals surface area contributed by atoms with Crippen molar-refractivity contribution in [3.8, 4) is 0 Å². The highest BCUT2D eigenvalue weighted by molar-refractivity contribution is 9.10. The number of benzene rings is 1. The summed E-state index contributed by atoms with van der Waals surface area (Å²) in [6, 6.07) is 8.21. The molecule has 1 saturated carbocycles. The molecule has 1 aromatic rings. The summed E-state index contributed by atoms with van der Waals surface area (Å²) in [6.45, 7) is 3.48. The van der Waals surface area contributed by atoms with Crippen LogP contribution in [0.4, 0.5) is 0 Å². The maximum Gasteiger partial charge on any atom is 0.310 e. The summed E-state index contributed by atoms with van der Waals surface area (Å²) >= 11 is 3.41. The van der Waals surface area contributed by atoms with Crippen molar-refractivity contribution in [2.24, 2.45) is 0 Å². The molecule has 1 saturated heterocycles. The predicted octanol–water partition coefficient (Wildman–Crippen LogP) is 3.40. The van der Waals surface area contributed by atoms with Gasteiger partial charge in [0.25, 0.3) is 0 Å². The Morgan fingerprint density at radius 1 is 1.12 bits per heavy atom. The Kier molecular flexibility index (Phi) is 10.5. The van der Waals surface area contributed by atoms with Crippen molar-refractivity contribution < 1.29 is 14.3 Å². The van der Waals surface area contributed by atoms with Crippen LogP contribution in [0.1, 0.15) is 31.2 Å². The van der Waals surface area contributed by atoms with Crippen molar-refractivity contribution >= 4 is 48.9 Å². The summed E-state index contributed by atoms with van der Waals surface area (Å²) < 4.78 is 12.3. The Morgan fingerprint density at radius 2 is 1.76 bits per heavy atom. The van der Waals surface area contributed by atoms with Gasteiger partial charge in [0.2, 0.25) is 0 Å². The second-order valence-electron chi connectivity index (χ2n) is 6.33. The molecule has 1 aliphatic heterocycles. The minimum atomic E-state index is -0.113. The van der Waals surface area contributed by atoms with Crippen LogP contribution in [0, 0.1) is 0 Å². The van der Waals surface area contributed by atoms with E-state index >= 15 is 0 Å². The van der Waals surface area contributed by atoms with E-state index in [4.69, 9.17) is 9.47 Å². The molecule has 4 nitrogen and oxygen atoms in total. The Labute approximate surface area is 172 Å². The lowest BCUT2D eigenvalue weighted by Gasteiger charge is -2.41. The third-order valence-corrected chi connectivity index (χ3v) is 5.26. The molecule has 2 aliphatic rings. The minimum absolute atomic E-state index is 0. The molecular formula is C18H28BrNO3S2. The summed E-state index contributed by atoms with van der Waals surface area (Å²) in [5.74, 6) is -0.113. The van der Waals surface area contributed by atoms with Crippen molar-refractivity contribution in [3.05, 3.63) is 34.3 Å². The van der Waals surface area contributed by atoms with Crippen LogP contribution >= 0.6 is 42.9 Å². The zero-order chi connectivity index (χ0) is 16.1. The van der Waals surface area contributed by atoms with Crippen molar-refractivity contribution in [2.75, 3.05) is 26.3 Å². The van der Waals surface area contributed by atoms with E-state index in [0.717, 1.165) is 55.6 Å². The minimum Gasteiger partial charge on any atom is -0.460 e. The van der Waals surface area contributed by atoms with E-state index in [0.29, 0.717) is 12.5 Å². The first kappa shape index (κ1) is 22.8. The predicted molar refractivity (Wildman–Crippen MR) is 113 cm³/mol. The molecule has 0 bridgehead atoms. The van der Waals surface area contributed by atoms with E-state index in [9.17, 15) is 4.79 Å². The molecule has 0 aromatic heterocycles. The van der Waals surface area contributed by atoms with E-state index in [1.165, 1.54) is 6.42 Å². The van der Waals surface area contributed by atoms with Crippen LogP contribution in [0.3, 0.4) is 0 Å². The van der Waals surface area contributed by atoms with Gasteiger partial charge in [-0.3, -0.25) is 9.69 Å². The Hall–Kier alpha value is -0.210. The first-order chi connectivity index (χ1) is 11.2. The van der Waals surface area contributed by atoms with Crippen LogP contribution in [0.5, 0.6) is 0 Å². The number of ether oxygens (including phenoxy) is 2. The van der Waals surface area contributed by atoms with Crippen molar-refractivity contribution in [3.63, 3.8) is 0 Å². The van der Waals surface area contributed by atoms with Crippen LogP contribution in [-0.2, 0) is 20.7 Å². The van der Waals surface area contributed by atoms with E-state index in [-0.39, 0.29) is 39.1 Å². The summed E-state index contributed by atoms with van der Waals surface area (Å²) in [4.78, 5) is 14.8. The Balaban J connectivity index is 0.00000156. The third-order valence-electron chi connectivity index (χ3n) is 4.73. The summed E-state index contributed by atoms with van der Waals surface area (Å²) in [5, 5.41) is 0. The molecule has 1 aliphatic carbocycles. The van der Waals surface area contributed by atoms with Gasteiger partial charge in [-0.05, 0) is 37.0 Å². The molecule has 1 unspecified atom stereocenters. The first-order valence-corrected chi connectivity index (χ1v) is 9.27. The molecule has 25 heavy (non-hydrogen) atoms. The van der Waals surface area contributed by atoms with E-state index < -0.39 is 0 Å². The fourth-order valence-corrected chi connectivity index (χ4v) is 3.79. The topological polar surface area (TPSA) is 38.8 Å². The summed E-state index contributed by atoms with van der Waals surface area (Å²) in [6.07, 6.45) is 4.86. The first-order valence-electron chi connectivity index (χ1n) is 8.48. The van der Waals surface area contributed by atoms with Gasteiger partial charge >= 0.3 is 5.97 Å². The highest BCUT2D eigenvalue weighted by atomic mass is 79.9. The zero-order valence-electron chi connectivity index (χ0n) is 14.4.